The Labute approximate surface area is 232 Å². The minimum atomic E-state index is -0.700. The molecule has 1 saturated heterocycles. The van der Waals surface area contributed by atoms with Crippen LogP contribution in [0.25, 0.3) is 0 Å². The normalized spacial score (nSPS) is 14.2. The first-order valence-corrected chi connectivity index (χ1v) is 14.0. The second-order valence-corrected chi connectivity index (χ2v) is 11.1. The van der Waals surface area contributed by atoms with Gasteiger partial charge in [-0.25, -0.2) is 14.6 Å². The fourth-order valence-corrected chi connectivity index (χ4v) is 4.35. The first kappa shape index (κ1) is 30.0. The Morgan fingerprint density at radius 1 is 1.08 bits per heavy atom. The Bertz CT molecular complexity index is 1090. The summed E-state index contributed by atoms with van der Waals surface area (Å²) in [6, 6.07) is 6.72. The quantitative estimate of drug-likeness (QED) is 0.400. The molecule has 2 aromatic rings. The van der Waals surface area contributed by atoms with Gasteiger partial charge in [-0.1, -0.05) is 17.1 Å². The molecule has 1 aromatic heterocycles. The van der Waals surface area contributed by atoms with E-state index in [0.717, 1.165) is 50.3 Å². The van der Waals surface area contributed by atoms with Crippen molar-refractivity contribution in [2.75, 3.05) is 41.7 Å². The van der Waals surface area contributed by atoms with Gasteiger partial charge in [0.2, 0.25) is 5.82 Å². The maximum Gasteiger partial charge on any atom is 0.415 e. The van der Waals surface area contributed by atoms with E-state index in [1.807, 2.05) is 52.9 Å². The summed E-state index contributed by atoms with van der Waals surface area (Å²) < 4.78 is 11.3. The van der Waals surface area contributed by atoms with Crippen molar-refractivity contribution in [1.82, 2.24) is 9.88 Å². The summed E-state index contributed by atoms with van der Waals surface area (Å²) >= 11 is 0. The molecule has 1 aliphatic heterocycles. The van der Waals surface area contributed by atoms with Crippen molar-refractivity contribution in [2.24, 2.45) is 0 Å². The smallest absolute Gasteiger partial charge is 0.415 e. The number of hydrogen-bond donors (Lipinski definition) is 2. The monoisotopic (exact) mass is 541 g/mol. The van der Waals surface area contributed by atoms with Crippen LogP contribution < -0.4 is 25.3 Å². The van der Waals surface area contributed by atoms with Gasteiger partial charge < -0.3 is 25.0 Å². The summed E-state index contributed by atoms with van der Waals surface area (Å²) in [5.41, 5.74) is 1.01. The number of hydrogen-bond acceptors (Lipinski definition) is 8. The number of amides is 1. The number of nitrogens with zero attached hydrogens (tertiary/aromatic N) is 3. The number of carbonyl (C=O) groups is 2. The number of aromatic amines is 1. The van der Waals surface area contributed by atoms with Crippen molar-refractivity contribution in [3.63, 3.8) is 0 Å². The zero-order chi connectivity index (χ0) is 28.6. The number of H-pyrrole nitrogens is 1. The summed E-state index contributed by atoms with van der Waals surface area (Å²) in [7, 11) is 0. The Kier molecular flexibility index (Phi) is 10.4. The number of anilines is 3. The van der Waals surface area contributed by atoms with Crippen LogP contribution in [0.2, 0.25) is 0 Å². The van der Waals surface area contributed by atoms with Crippen molar-refractivity contribution in [3.8, 4) is 5.75 Å². The minimum absolute atomic E-state index is 0.163. The highest BCUT2D eigenvalue weighted by molar-refractivity contribution is 5.81. The van der Waals surface area contributed by atoms with Crippen LogP contribution in [-0.2, 0) is 16.0 Å². The summed E-state index contributed by atoms with van der Waals surface area (Å²) in [6.45, 7) is 16.8. The fraction of sp³-hybridized carbons (Fsp3) is 0.586. The Balaban J connectivity index is 1.85. The molecule has 0 unspecified atom stereocenters. The molecule has 0 aliphatic carbocycles. The number of esters is 1. The van der Waals surface area contributed by atoms with Gasteiger partial charge in [0, 0.05) is 25.6 Å². The molecule has 10 heteroatoms. The van der Waals surface area contributed by atoms with Gasteiger partial charge in [0.1, 0.15) is 23.1 Å². The first-order valence-electron chi connectivity index (χ1n) is 14.0. The van der Waals surface area contributed by atoms with Gasteiger partial charge in [0.25, 0.3) is 0 Å². The van der Waals surface area contributed by atoms with Crippen LogP contribution in [-0.4, -0.2) is 65.8 Å². The van der Waals surface area contributed by atoms with E-state index in [2.05, 4.69) is 34.4 Å². The van der Waals surface area contributed by atoms with E-state index in [4.69, 9.17) is 14.5 Å². The Morgan fingerprint density at radius 2 is 1.72 bits per heavy atom. The van der Waals surface area contributed by atoms with Crippen molar-refractivity contribution in [2.45, 2.75) is 85.4 Å². The molecule has 0 saturated carbocycles. The van der Waals surface area contributed by atoms with Gasteiger partial charge in [-0.05, 0) is 79.0 Å². The van der Waals surface area contributed by atoms with Gasteiger partial charge in [0.05, 0.1) is 19.3 Å². The molecular formula is C29H45N6O4+. The molecule has 214 valence electrons. The third-order valence-electron chi connectivity index (χ3n) is 6.26. The van der Waals surface area contributed by atoms with Crippen LogP contribution in [0.15, 0.2) is 30.5 Å². The average molecular weight is 542 g/mol. The minimum Gasteiger partial charge on any atom is -0.458 e. The standard InChI is InChI=1S/C29H44N6O4/c1-8-34(9-2)27-30-19-24(31-20(3)4)25(33-27)32-23(26(36)39-29(5,6)7)18-21-12-14-22(15-13-21)38-28(37)35-16-10-11-17-35/h12-15,19-20,23,31H,8-11,16-18H2,1-7H3,(H,30,32,33)/p+1/t23-/m0/s1. The first-order chi connectivity index (χ1) is 18.5. The number of carbonyl (C=O) groups excluding carboxylic acids is 2. The summed E-state index contributed by atoms with van der Waals surface area (Å²) in [6.07, 6.45) is 3.92. The number of benzene rings is 1. The molecule has 1 atom stereocenters. The highest BCUT2D eigenvalue weighted by Crippen LogP contribution is 2.24. The molecule has 0 radical (unpaired) electrons. The average Bonchev–Trinajstić information content (AvgIpc) is 3.41. The highest BCUT2D eigenvalue weighted by atomic mass is 16.6. The van der Waals surface area contributed by atoms with Crippen LogP contribution in [0.5, 0.6) is 5.75 Å². The predicted molar refractivity (Wildman–Crippen MR) is 153 cm³/mol. The fourth-order valence-electron chi connectivity index (χ4n) is 4.35. The van der Waals surface area contributed by atoms with E-state index < -0.39 is 11.6 Å². The third-order valence-corrected chi connectivity index (χ3v) is 6.26. The lowest BCUT2D eigenvalue weighted by molar-refractivity contribution is -0.367. The number of ether oxygens (including phenoxy) is 2. The van der Waals surface area contributed by atoms with E-state index in [9.17, 15) is 9.59 Å². The second-order valence-electron chi connectivity index (χ2n) is 11.1. The molecule has 3 rings (SSSR count). The Morgan fingerprint density at radius 3 is 2.28 bits per heavy atom. The van der Waals surface area contributed by atoms with Crippen molar-refractivity contribution in [1.29, 1.82) is 0 Å². The SMILES string of the molecule is CCN(CC)c1nc(N[C@@H](Cc2ccc(OC(=O)N3CCCC3)cc2)C(=O)OC(C)(C)C)c(NC(C)C)c[nH+]1. The number of rotatable bonds is 11. The molecule has 10 nitrogen and oxygen atoms in total. The summed E-state index contributed by atoms with van der Waals surface area (Å²) in [5, 5.41) is 6.77. The molecule has 39 heavy (non-hydrogen) atoms. The van der Waals surface area contributed by atoms with E-state index in [1.165, 1.54) is 0 Å². The topological polar surface area (TPSA) is 110 Å². The lowest BCUT2D eigenvalue weighted by atomic mass is 10.0. The van der Waals surface area contributed by atoms with Crippen molar-refractivity contribution in [3.05, 3.63) is 36.0 Å². The van der Waals surface area contributed by atoms with Crippen molar-refractivity contribution < 1.29 is 24.0 Å². The molecule has 0 spiro atoms. The van der Waals surface area contributed by atoms with Crippen LogP contribution in [0.4, 0.5) is 22.2 Å². The van der Waals surface area contributed by atoms with Gasteiger partial charge in [0.15, 0.2) is 0 Å². The number of likely N-dealkylation sites (tertiary alicyclic amines) is 1. The van der Waals surface area contributed by atoms with E-state index in [-0.39, 0.29) is 18.1 Å². The van der Waals surface area contributed by atoms with Crippen LogP contribution in [0.1, 0.15) is 66.9 Å². The zero-order valence-corrected chi connectivity index (χ0v) is 24.5. The van der Waals surface area contributed by atoms with Crippen LogP contribution in [0.3, 0.4) is 0 Å². The van der Waals surface area contributed by atoms with Crippen LogP contribution >= 0.6 is 0 Å². The molecule has 1 amide bonds. The predicted octanol–water partition coefficient (Wildman–Crippen LogP) is 4.52. The zero-order valence-electron chi connectivity index (χ0n) is 24.5. The van der Waals surface area contributed by atoms with Gasteiger partial charge in [-0.15, -0.1) is 0 Å². The third kappa shape index (κ3) is 9.01. The summed E-state index contributed by atoms with van der Waals surface area (Å²) in [5.74, 6) is 1.38. The number of aromatic nitrogens is 2. The van der Waals surface area contributed by atoms with Crippen LogP contribution in [0, 0.1) is 0 Å². The van der Waals surface area contributed by atoms with Gasteiger partial charge in [-0.2, -0.15) is 0 Å². The Hall–Kier alpha value is -3.56. The molecule has 0 bridgehead atoms. The molecule has 1 aromatic carbocycles. The summed E-state index contributed by atoms with van der Waals surface area (Å²) in [4.78, 5) is 37.6. The largest absolute Gasteiger partial charge is 0.458 e. The molecule has 1 aliphatic rings. The van der Waals surface area contributed by atoms with Gasteiger partial charge >= 0.3 is 18.0 Å². The van der Waals surface area contributed by atoms with E-state index >= 15 is 0 Å². The molecule has 3 N–H and O–H groups in total. The maximum absolute atomic E-state index is 13.4. The lowest BCUT2D eigenvalue weighted by Crippen LogP contribution is -2.39. The van der Waals surface area contributed by atoms with E-state index in [0.29, 0.717) is 23.9 Å². The second kappa shape index (κ2) is 13.5. The maximum atomic E-state index is 13.4. The van der Waals surface area contributed by atoms with Crippen molar-refractivity contribution >= 4 is 29.5 Å². The lowest BCUT2D eigenvalue weighted by Gasteiger charge is -2.25. The molecule has 1 fully saturated rings. The molecular weight excluding hydrogens is 496 g/mol. The van der Waals surface area contributed by atoms with E-state index in [1.54, 1.807) is 17.0 Å². The van der Waals surface area contributed by atoms with Gasteiger partial charge in [-0.3, -0.25) is 4.90 Å². The number of nitrogens with one attached hydrogen (secondary N) is 3. The molecule has 2 heterocycles. The highest BCUT2D eigenvalue weighted by Gasteiger charge is 2.29.